The standard InChI is InChI=1S/C20H21NO3S/c1-15-9-13-18(14-10-15)25(22,23)24-20-8-4-6-17-12-11-16-5-2-3-7-19(16)21(17)20/h2-3,5,7,9-14,17,20H,4,6,8H2,1H3. The minimum absolute atomic E-state index is 0.182. The van der Waals surface area contributed by atoms with Crippen LogP contribution in [0.3, 0.4) is 0 Å². The molecule has 1 saturated heterocycles. The Kier molecular flexibility index (Phi) is 4.13. The number of rotatable bonds is 3. The van der Waals surface area contributed by atoms with Gasteiger partial charge in [-0.1, -0.05) is 48.0 Å². The van der Waals surface area contributed by atoms with Crippen LogP contribution in [-0.2, 0) is 14.3 Å². The van der Waals surface area contributed by atoms with Crippen molar-refractivity contribution in [2.75, 3.05) is 4.90 Å². The molecule has 2 aromatic rings. The number of fused-ring (bicyclic) bond motifs is 3. The molecule has 4 nitrogen and oxygen atoms in total. The van der Waals surface area contributed by atoms with Crippen molar-refractivity contribution in [3.05, 3.63) is 65.7 Å². The van der Waals surface area contributed by atoms with Gasteiger partial charge in [-0.05, 0) is 49.9 Å². The topological polar surface area (TPSA) is 46.6 Å². The van der Waals surface area contributed by atoms with E-state index in [0.717, 1.165) is 29.7 Å². The van der Waals surface area contributed by atoms with Crippen LogP contribution in [0.1, 0.15) is 30.4 Å². The number of aryl methyl sites for hydroxylation is 1. The van der Waals surface area contributed by atoms with Crippen LogP contribution in [0.25, 0.3) is 6.08 Å². The van der Waals surface area contributed by atoms with Crippen LogP contribution in [0.2, 0.25) is 0 Å². The average Bonchev–Trinajstić information content (AvgIpc) is 2.61. The van der Waals surface area contributed by atoms with Crippen molar-refractivity contribution in [1.29, 1.82) is 0 Å². The number of benzene rings is 2. The van der Waals surface area contributed by atoms with Gasteiger partial charge >= 0.3 is 0 Å². The predicted molar refractivity (Wildman–Crippen MR) is 98.8 cm³/mol. The number of piperidine rings is 1. The van der Waals surface area contributed by atoms with E-state index in [1.165, 1.54) is 0 Å². The highest BCUT2D eigenvalue weighted by Gasteiger charge is 2.36. The Balaban J connectivity index is 1.66. The highest BCUT2D eigenvalue weighted by Crippen LogP contribution is 2.37. The maximum Gasteiger partial charge on any atom is 0.298 e. The Hall–Kier alpha value is -2.11. The molecule has 1 fully saturated rings. The van der Waals surface area contributed by atoms with Gasteiger partial charge in [0.25, 0.3) is 10.1 Å². The van der Waals surface area contributed by atoms with Crippen molar-refractivity contribution in [1.82, 2.24) is 0 Å². The molecular weight excluding hydrogens is 334 g/mol. The van der Waals surface area contributed by atoms with Gasteiger partial charge in [-0.2, -0.15) is 8.42 Å². The molecule has 2 aliphatic rings. The van der Waals surface area contributed by atoms with Gasteiger partial charge in [-0.25, -0.2) is 4.18 Å². The molecular formula is C20H21NO3S. The number of hydrogen-bond donors (Lipinski definition) is 0. The molecule has 0 N–H and O–H groups in total. The second-order valence-electron chi connectivity index (χ2n) is 6.64. The SMILES string of the molecule is Cc1ccc(S(=O)(=O)OC2CCCC3C=Cc4ccccc4N32)cc1. The zero-order valence-electron chi connectivity index (χ0n) is 14.1. The van der Waals surface area contributed by atoms with Gasteiger partial charge in [0.2, 0.25) is 0 Å². The molecule has 4 rings (SSSR count). The predicted octanol–water partition coefficient (Wildman–Crippen LogP) is 4.11. The van der Waals surface area contributed by atoms with Crippen LogP contribution >= 0.6 is 0 Å². The van der Waals surface area contributed by atoms with Crippen LogP contribution in [0.5, 0.6) is 0 Å². The maximum absolute atomic E-state index is 12.7. The summed E-state index contributed by atoms with van der Waals surface area (Å²) in [6.45, 7) is 1.93. The van der Waals surface area contributed by atoms with Gasteiger partial charge in [0.05, 0.1) is 10.9 Å². The first-order valence-corrected chi connectivity index (χ1v) is 10.0. The molecule has 0 aromatic heterocycles. The molecule has 0 aliphatic carbocycles. The van der Waals surface area contributed by atoms with Gasteiger partial charge in [-0.3, -0.25) is 0 Å². The summed E-state index contributed by atoms with van der Waals surface area (Å²) in [5, 5.41) is 0. The Labute approximate surface area is 148 Å². The molecule has 2 heterocycles. The quantitative estimate of drug-likeness (QED) is 0.777. The van der Waals surface area contributed by atoms with E-state index in [2.05, 4.69) is 17.1 Å². The summed E-state index contributed by atoms with van der Waals surface area (Å²) in [5.74, 6) is 0. The normalized spacial score (nSPS) is 22.4. The number of nitrogens with zero attached hydrogens (tertiary/aromatic N) is 1. The molecule has 0 radical (unpaired) electrons. The van der Waals surface area contributed by atoms with E-state index in [9.17, 15) is 8.42 Å². The van der Waals surface area contributed by atoms with Crippen molar-refractivity contribution in [2.24, 2.45) is 0 Å². The Morgan fingerprint density at radius 2 is 1.80 bits per heavy atom. The smallest absolute Gasteiger partial charge is 0.298 e. The molecule has 2 unspecified atom stereocenters. The summed E-state index contributed by atoms with van der Waals surface area (Å²) in [6.07, 6.45) is 6.45. The molecule has 0 saturated carbocycles. The molecule has 2 aromatic carbocycles. The van der Waals surface area contributed by atoms with E-state index in [1.807, 2.05) is 31.2 Å². The maximum atomic E-state index is 12.7. The summed E-state index contributed by atoms with van der Waals surface area (Å²) in [6, 6.07) is 15.0. The second kappa shape index (κ2) is 6.32. The van der Waals surface area contributed by atoms with Crippen LogP contribution in [0, 0.1) is 6.92 Å². The van der Waals surface area contributed by atoms with Gasteiger partial charge in [0, 0.05) is 5.69 Å². The molecule has 5 heteroatoms. The van der Waals surface area contributed by atoms with E-state index < -0.39 is 16.3 Å². The average molecular weight is 355 g/mol. The summed E-state index contributed by atoms with van der Waals surface area (Å²) in [5.41, 5.74) is 3.16. The lowest BCUT2D eigenvalue weighted by atomic mass is 9.94. The summed E-state index contributed by atoms with van der Waals surface area (Å²) < 4.78 is 31.2. The van der Waals surface area contributed by atoms with Gasteiger partial charge in [-0.15, -0.1) is 0 Å². The van der Waals surface area contributed by atoms with Crippen molar-refractivity contribution in [3.63, 3.8) is 0 Å². The first-order chi connectivity index (χ1) is 12.0. The minimum atomic E-state index is -3.80. The molecule has 0 bridgehead atoms. The highest BCUT2D eigenvalue weighted by atomic mass is 32.2. The molecule has 25 heavy (non-hydrogen) atoms. The Morgan fingerprint density at radius 3 is 2.60 bits per heavy atom. The Morgan fingerprint density at radius 1 is 1.04 bits per heavy atom. The van der Waals surface area contributed by atoms with Crippen molar-refractivity contribution >= 4 is 21.9 Å². The zero-order chi connectivity index (χ0) is 17.4. The zero-order valence-corrected chi connectivity index (χ0v) is 14.9. The van der Waals surface area contributed by atoms with Crippen molar-refractivity contribution in [3.8, 4) is 0 Å². The molecule has 0 spiro atoms. The third-order valence-electron chi connectivity index (χ3n) is 4.88. The monoisotopic (exact) mass is 355 g/mol. The lowest BCUT2D eigenvalue weighted by molar-refractivity contribution is 0.160. The fourth-order valence-electron chi connectivity index (χ4n) is 3.60. The van der Waals surface area contributed by atoms with Crippen molar-refractivity contribution < 1.29 is 12.6 Å². The number of hydrogen-bond acceptors (Lipinski definition) is 4. The summed E-state index contributed by atoms with van der Waals surface area (Å²) >= 11 is 0. The lowest BCUT2D eigenvalue weighted by Crippen LogP contribution is -2.49. The van der Waals surface area contributed by atoms with Crippen LogP contribution in [0.15, 0.2) is 59.5 Å². The van der Waals surface area contributed by atoms with E-state index >= 15 is 0 Å². The lowest BCUT2D eigenvalue weighted by Gasteiger charge is -2.44. The largest absolute Gasteiger partial charge is 0.338 e. The van der Waals surface area contributed by atoms with E-state index in [1.54, 1.807) is 24.3 Å². The molecule has 2 aliphatic heterocycles. The molecule has 0 amide bonds. The molecule has 130 valence electrons. The third-order valence-corrected chi connectivity index (χ3v) is 6.20. The summed E-state index contributed by atoms with van der Waals surface area (Å²) in [4.78, 5) is 2.32. The minimum Gasteiger partial charge on any atom is -0.338 e. The van der Waals surface area contributed by atoms with Gasteiger partial charge < -0.3 is 4.90 Å². The first kappa shape index (κ1) is 16.4. The summed E-state index contributed by atoms with van der Waals surface area (Å²) in [7, 11) is -3.80. The third kappa shape index (κ3) is 3.10. The van der Waals surface area contributed by atoms with Gasteiger partial charge in [0.15, 0.2) is 0 Å². The number of para-hydroxylation sites is 1. The van der Waals surface area contributed by atoms with E-state index in [4.69, 9.17) is 4.18 Å². The van der Waals surface area contributed by atoms with Crippen LogP contribution in [-0.4, -0.2) is 20.7 Å². The Bertz CT molecular complexity index is 903. The van der Waals surface area contributed by atoms with Crippen LogP contribution < -0.4 is 4.90 Å². The van der Waals surface area contributed by atoms with Crippen LogP contribution in [0.4, 0.5) is 5.69 Å². The number of anilines is 1. The fraction of sp³-hybridized carbons (Fsp3) is 0.300. The van der Waals surface area contributed by atoms with E-state index in [-0.39, 0.29) is 10.9 Å². The fourth-order valence-corrected chi connectivity index (χ4v) is 4.66. The van der Waals surface area contributed by atoms with E-state index in [0.29, 0.717) is 6.42 Å². The highest BCUT2D eigenvalue weighted by molar-refractivity contribution is 7.86. The first-order valence-electron chi connectivity index (χ1n) is 8.60. The molecule has 2 atom stereocenters. The second-order valence-corrected chi connectivity index (χ2v) is 8.21. The van der Waals surface area contributed by atoms with Crippen molar-refractivity contribution in [2.45, 2.75) is 43.4 Å². The van der Waals surface area contributed by atoms with Gasteiger partial charge in [0.1, 0.15) is 6.23 Å².